The van der Waals surface area contributed by atoms with Crippen LogP contribution >= 0.6 is 0 Å². The number of carbonyl (C=O) groups is 1. The molecule has 0 aliphatic rings. The van der Waals surface area contributed by atoms with E-state index in [-0.39, 0.29) is 18.0 Å². The standard InChI is InChI=1S/C24H25N5O2/c1-16-19(17(2)29(27-16)18-9-5-4-6-10-18)13-14-23(30)28(3)15-22-25-21-12-8-7-11-20(21)24(31)26-22/h4-12H,13-15H2,1-3H3,(H,25,26,31). The van der Waals surface area contributed by atoms with E-state index in [9.17, 15) is 9.59 Å². The van der Waals surface area contributed by atoms with Crippen LogP contribution in [-0.4, -0.2) is 37.6 Å². The number of aryl methyl sites for hydroxylation is 1. The highest BCUT2D eigenvalue weighted by Gasteiger charge is 2.16. The van der Waals surface area contributed by atoms with Crippen molar-refractivity contribution in [2.45, 2.75) is 33.2 Å². The lowest BCUT2D eigenvalue weighted by Crippen LogP contribution is -2.28. The number of rotatable bonds is 6. The predicted octanol–water partition coefficient (Wildman–Crippen LogP) is 3.32. The zero-order valence-corrected chi connectivity index (χ0v) is 17.9. The number of fused-ring (bicyclic) bond motifs is 1. The van der Waals surface area contributed by atoms with Gasteiger partial charge < -0.3 is 9.88 Å². The molecule has 0 aliphatic carbocycles. The summed E-state index contributed by atoms with van der Waals surface area (Å²) in [5, 5.41) is 5.19. The highest BCUT2D eigenvalue weighted by atomic mass is 16.2. The van der Waals surface area contributed by atoms with Crippen LogP contribution in [0.5, 0.6) is 0 Å². The third kappa shape index (κ3) is 4.26. The lowest BCUT2D eigenvalue weighted by atomic mass is 10.1. The first-order chi connectivity index (χ1) is 14.9. The van der Waals surface area contributed by atoms with Crippen LogP contribution in [0.1, 0.15) is 29.2 Å². The largest absolute Gasteiger partial charge is 0.338 e. The highest BCUT2D eigenvalue weighted by molar-refractivity contribution is 5.78. The number of carbonyl (C=O) groups excluding carboxylic acids is 1. The quantitative estimate of drug-likeness (QED) is 0.524. The maximum atomic E-state index is 12.7. The lowest BCUT2D eigenvalue weighted by Gasteiger charge is -2.17. The van der Waals surface area contributed by atoms with E-state index in [4.69, 9.17) is 0 Å². The van der Waals surface area contributed by atoms with Crippen molar-refractivity contribution in [3.8, 4) is 5.69 Å². The van der Waals surface area contributed by atoms with Crippen LogP contribution in [-0.2, 0) is 17.8 Å². The molecule has 0 aliphatic heterocycles. The molecule has 0 atom stereocenters. The summed E-state index contributed by atoms with van der Waals surface area (Å²) in [5.41, 5.74) is 4.49. The molecule has 2 aromatic heterocycles. The van der Waals surface area contributed by atoms with Crippen molar-refractivity contribution in [1.82, 2.24) is 24.6 Å². The van der Waals surface area contributed by atoms with Gasteiger partial charge in [-0.25, -0.2) is 9.67 Å². The van der Waals surface area contributed by atoms with Gasteiger partial charge in [-0.05, 0) is 50.1 Å². The number of hydrogen-bond donors (Lipinski definition) is 1. The number of aromatic amines is 1. The summed E-state index contributed by atoms with van der Waals surface area (Å²) >= 11 is 0. The number of amides is 1. The highest BCUT2D eigenvalue weighted by Crippen LogP contribution is 2.19. The summed E-state index contributed by atoms with van der Waals surface area (Å²) in [4.78, 5) is 33.8. The molecule has 31 heavy (non-hydrogen) atoms. The maximum Gasteiger partial charge on any atom is 0.258 e. The van der Waals surface area contributed by atoms with Gasteiger partial charge in [0, 0.05) is 19.2 Å². The van der Waals surface area contributed by atoms with Crippen LogP contribution in [0.3, 0.4) is 0 Å². The smallest absolute Gasteiger partial charge is 0.258 e. The molecule has 0 saturated heterocycles. The molecule has 1 amide bonds. The monoisotopic (exact) mass is 415 g/mol. The minimum Gasteiger partial charge on any atom is -0.338 e. The van der Waals surface area contributed by atoms with Crippen molar-refractivity contribution >= 4 is 16.8 Å². The zero-order valence-electron chi connectivity index (χ0n) is 17.9. The number of aromatic nitrogens is 4. The average molecular weight is 415 g/mol. The zero-order chi connectivity index (χ0) is 22.0. The van der Waals surface area contributed by atoms with Gasteiger partial charge in [-0.3, -0.25) is 9.59 Å². The van der Waals surface area contributed by atoms with Crippen molar-refractivity contribution in [3.05, 3.63) is 87.7 Å². The van der Waals surface area contributed by atoms with Gasteiger partial charge in [0.15, 0.2) is 0 Å². The molecular formula is C24H25N5O2. The van der Waals surface area contributed by atoms with Crippen LogP contribution in [0, 0.1) is 13.8 Å². The Balaban J connectivity index is 1.45. The Hall–Kier alpha value is -3.74. The van der Waals surface area contributed by atoms with E-state index < -0.39 is 0 Å². The van der Waals surface area contributed by atoms with Gasteiger partial charge in [0.25, 0.3) is 5.56 Å². The van der Waals surface area contributed by atoms with Gasteiger partial charge in [-0.2, -0.15) is 5.10 Å². The van der Waals surface area contributed by atoms with E-state index in [1.54, 1.807) is 30.1 Å². The summed E-state index contributed by atoms with van der Waals surface area (Å²) < 4.78 is 1.92. The van der Waals surface area contributed by atoms with Crippen molar-refractivity contribution in [2.75, 3.05) is 7.05 Å². The van der Waals surface area contributed by atoms with Crippen LogP contribution in [0.15, 0.2) is 59.4 Å². The fourth-order valence-electron chi connectivity index (χ4n) is 3.80. The first-order valence-corrected chi connectivity index (χ1v) is 10.3. The molecule has 0 bridgehead atoms. The fraction of sp³-hybridized carbons (Fsp3) is 0.250. The number of benzene rings is 2. The average Bonchev–Trinajstić information content (AvgIpc) is 3.06. The van der Waals surface area contributed by atoms with Gasteiger partial charge >= 0.3 is 0 Å². The topological polar surface area (TPSA) is 83.9 Å². The number of nitrogens with one attached hydrogen (secondary N) is 1. The van der Waals surface area contributed by atoms with Crippen LogP contribution in [0.25, 0.3) is 16.6 Å². The van der Waals surface area contributed by atoms with Crippen molar-refractivity contribution < 1.29 is 4.79 Å². The van der Waals surface area contributed by atoms with Gasteiger partial charge in [-0.1, -0.05) is 30.3 Å². The van der Waals surface area contributed by atoms with E-state index >= 15 is 0 Å². The molecule has 1 N–H and O–H groups in total. The van der Waals surface area contributed by atoms with Crippen LogP contribution in [0.2, 0.25) is 0 Å². The van der Waals surface area contributed by atoms with E-state index in [0.717, 1.165) is 22.6 Å². The molecule has 0 unspecified atom stereocenters. The second-order valence-corrected chi connectivity index (χ2v) is 7.68. The Labute approximate surface area is 180 Å². The molecule has 0 spiro atoms. The minimum atomic E-state index is -0.193. The molecule has 158 valence electrons. The SMILES string of the molecule is Cc1nn(-c2ccccc2)c(C)c1CCC(=O)N(C)Cc1nc2ccccc2c(=O)[nH]1. The van der Waals surface area contributed by atoms with Gasteiger partial charge in [0.2, 0.25) is 5.91 Å². The Morgan fingerprint density at radius 3 is 2.55 bits per heavy atom. The summed E-state index contributed by atoms with van der Waals surface area (Å²) in [5.74, 6) is 0.464. The first-order valence-electron chi connectivity index (χ1n) is 10.3. The van der Waals surface area contributed by atoms with E-state index in [0.29, 0.717) is 29.6 Å². The van der Waals surface area contributed by atoms with Gasteiger partial charge in [0.1, 0.15) is 5.82 Å². The molecule has 4 rings (SSSR count). The maximum absolute atomic E-state index is 12.7. The minimum absolute atomic E-state index is 0.0120. The second kappa shape index (κ2) is 8.55. The molecule has 4 aromatic rings. The molecule has 0 fully saturated rings. The second-order valence-electron chi connectivity index (χ2n) is 7.68. The Morgan fingerprint density at radius 1 is 1.06 bits per heavy atom. The van der Waals surface area contributed by atoms with Crippen LogP contribution < -0.4 is 5.56 Å². The molecule has 7 heteroatoms. The fourth-order valence-corrected chi connectivity index (χ4v) is 3.80. The molecule has 2 aromatic carbocycles. The molecule has 0 saturated carbocycles. The number of para-hydroxylation sites is 2. The predicted molar refractivity (Wildman–Crippen MR) is 120 cm³/mol. The van der Waals surface area contributed by atoms with E-state index in [1.807, 2.05) is 54.9 Å². The van der Waals surface area contributed by atoms with Crippen LogP contribution in [0.4, 0.5) is 0 Å². The molecule has 2 heterocycles. The third-order valence-electron chi connectivity index (χ3n) is 5.51. The summed E-state index contributed by atoms with van der Waals surface area (Å²) in [6.45, 7) is 4.25. The van der Waals surface area contributed by atoms with Gasteiger partial charge in [0.05, 0.1) is 28.8 Å². The lowest BCUT2D eigenvalue weighted by molar-refractivity contribution is -0.130. The molecule has 0 radical (unpaired) electrons. The third-order valence-corrected chi connectivity index (χ3v) is 5.51. The molecule has 7 nitrogen and oxygen atoms in total. The van der Waals surface area contributed by atoms with E-state index in [1.165, 1.54) is 0 Å². The number of nitrogens with zero attached hydrogens (tertiary/aromatic N) is 4. The van der Waals surface area contributed by atoms with Crippen molar-refractivity contribution in [1.29, 1.82) is 0 Å². The summed E-state index contributed by atoms with van der Waals surface area (Å²) in [7, 11) is 1.73. The molecular weight excluding hydrogens is 390 g/mol. The Morgan fingerprint density at radius 2 is 1.77 bits per heavy atom. The van der Waals surface area contributed by atoms with E-state index in [2.05, 4.69) is 15.1 Å². The Bertz CT molecular complexity index is 1290. The normalized spacial score (nSPS) is 11.1. The van der Waals surface area contributed by atoms with Crippen molar-refractivity contribution in [3.63, 3.8) is 0 Å². The number of hydrogen-bond acceptors (Lipinski definition) is 4. The Kier molecular flexibility index (Phi) is 5.66. The summed E-state index contributed by atoms with van der Waals surface area (Å²) in [6.07, 6.45) is 0.964. The summed E-state index contributed by atoms with van der Waals surface area (Å²) in [6, 6.07) is 17.1. The van der Waals surface area contributed by atoms with Crippen molar-refractivity contribution in [2.24, 2.45) is 0 Å². The van der Waals surface area contributed by atoms with Gasteiger partial charge in [-0.15, -0.1) is 0 Å². The first kappa shape index (κ1) is 20.5. The number of H-pyrrole nitrogens is 1.